The summed E-state index contributed by atoms with van der Waals surface area (Å²) in [6, 6.07) is 8.59. The summed E-state index contributed by atoms with van der Waals surface area (Å²) in [5.41, 5.74) is 1.51. The van der Waals surface area contributed by atoms with E-state index in [0.717, 1.165) is 32.6 Å². The predicted molar refractivity (Wildman–Crippen MR) is 89.9 cm³/mol. The van der Waals surface area contributed by atoms with Crippen LogP contribution in [-0.4, -0.2) is 42.7 Å². The third kappa shape index (κ3) is 5.04. The smallest absolute Gasteiger partial charge is 0.232 e. The van der Waals surface area contributed by atoms with Crippen LogP contribution in [0.5, 0.6) is 0 Å². The summed E-state index contributed by atoms with van der Waals surface area (Å²) in [7, 11) is 0. The van der Waals surface area contributed by atoms with E-state index in [4.69, 9.17) is 0 Å². The van der Waals surface area contributed by atoms with Crippen LogP contribution in [0.1, 0.15) is 32.8 Å². The van der Waals surface area contributed by atoms with Crippen LogP contribution in [0, 0.1) is 0 Å². The second kappa shape index (κ2) is 7.32. The number of thioether (sulfide) groups is 1. The van der Waals surface area contributed by atoms with Crippen LogP contribution < -0.4 is 5.32 Å². The monoisotopic (exact) mass is 306 g/mol. The van der Waals surface area contributed by atoms with Crippen LogP contribution in [-0.2, 0) is 10.2 Å². The average Bonchev–Trinajstić information content (AvgIpc) is 2.73. The van der Waals surface area contributed by atoms with Gasteiger partial charge in [-0.25, -0.2) is 0 Å². The van der Waals surface area contributed by atoms with Crippen molar-refractivity contribution in [3.05, 3.63) is 29.8 Å². The Hall–Kier alpha value is -1.00. The largest absolute Gasteiger partial charge is 0.341 e. The third-order valence-electron chi connectivity index (χ3n) is 3.78. The molecular weight excluding hydrogens is 280 g/mol. The SMILES string of the molecule is CC(C)(C)c1ccc(SCC(=O)N2CCCNCC2)cc1. The first-order chi connectivity index (χ1) is 9.97. The average molecular weight is 306 g/mol. The number of nitrogens with zero attached hydrogens (tertiary/aromatic N) is 1. The summed E-state index contributed by atoms with van der Waals surface area (Å²) >= 11 is 1.64. The van der Waals surface area contributed by atoms with Gasteiger partial charge in [-0.05, 0) is 36.1 Å². The summed E-state index contributed by atoms with van der Waals surface area (Å²) < 4.78 is 0. The molecule has 1 aromatic carbocycles. The van der Waals surface area contributed by atoms with Crippen LogP contribution >= 0.6 is 11.8 Å². The maximum Gasteiger partial charge on any atom is 0.232 e. The maximum atomic E-state index is 12.2. The van der Waals surface area contributed by atoms with Gasteiger partial charge >= 0.3 is 0 Å². The van der Waals surface area contributed by atoms with Crippen molar-refractivity contribution in [2.45, 2.75) is 37.5 Å². The zero-order valence-corrected chi connectivity index (χ0v) is 14.1. The zero-order valence-electron chi connectivity index (χ0n) is 13.3. The van der Waals surface area contributed by atoms with Crippen LogP contribution in [0.15, 0.2) is 29.2 Å². The van der Waals surface area contributed by atoms with Gasteiger partial charge in [0.1, 0.15) is 0 Å². The number of hydrogen-bond donors (Lipinski definition) is 1. The van der Waals surface area contributed by atoms with Gasteiger partial charge in [-0.2, -0.15) is 0 Å². The zero-order chi connectivity index (χ0) is 15.3. The van der Waals surface area contributed by atoms with Gasteiger partial charge in [0.2, 0.25) is 5.91 Å². The first-order valence-electron chi connectivity index (χ1n) is 7.69. The van der Waals surface area contributed by atoms with E-state index in [-0.39, 0.29) is 11.3 Å². The maximum absolute atomic E-state index is 12.2. The second-order valence-corrected chi connectivity index (χ2v) is 7.60. The van der Waals surface area contributed by atoms with E-state index in [2.05, 4.69) is 50.4 Å². The van der Waals surface area contributed by atoms with Crippen molar-refractivity contribution in [1.82, 2.24) is 10.2 Å². The molecule has 1 aliphatic heterocycles. The highest BCUT2D eigenvalue weighted by molar-refractivity contribution is 8.00. The van der Waals surface area contributed by atoms with Crippen molar-refractivity contribution < 1.29 is 4.79 Å². The molecule has 1 amide bonds. The molecule has 1 aliphatic rings. The van der Waals surface area contributed by atoms with Gasteiger partial charge in [0.15, 0.2) is 0 Å². The number of carbonyl (C=O) groups is 1. The van der Waals surface area contributed by atoms with Crippen molar-refractivity contribution in [3.8, 4) is 0 Å². The van der Waals surface area contributed by atoms with Gasteiger partial charge in [0, 0.05) is 24.5 Å². The fraction of sp³-hybridized carbons (Fsp3) is 0.588. The Morgan fingerprint density at radius 2 is 1.90 bits per heavy atom. The summed E-state index contributed by atoms with van der Waals surface area (Å²) in [6.45, 7) is 10.3. The van der Waals surface area contributed by atoms with Crippen molar-refractivity contribution in [2.75, 3.05) is 31.9 Å². The molecular formula is C17H26N2OS. The number of hydrogen-bond acceptors (Lipinski definition) is 3. The summed E-state index contributed by atoms with van der Waals surface area (Å²) in [5, 5.41) is 3.33. The van der Waals surface area contributed by atoms with E-state index >= 15 is 0 Å². The number of carbonyl (C=O) groups excluding carboxylic acids is 1. The Morgan fingerprint density at radius 3 is 2.57 bits per heavy atom. The summed E-state index contributed by atoms with van der Waals surface area (Å²) in [5.74, 6) is 0.790. The van der Waals surface area contributed by atoms with Crippen LogP contribution in [0.25, 0.3) is 0 Å². The topological polar surface area (TPSA) is 32.3 Å². The van der Waals surface area contributed by atoms with E-state index in [1.165, 1.54) is 10.5 Å². The highest BCUT2D eigenvalue weighted by atomic mass is 32.2. The van der Waals surface area contributed by atoms with E-state index in [1.54, 1.807) is 11.8 Å². The van der Waals surface area contributed by atoms with Crippen molar-refractivity contribution in [2.24, 2.45) is 0 Å². The molecule has 2 rings (SSSR count). The molecule has 0 saturated carbocycles. The Balaban J connectivity index is 1.86. The predicted octanol–water partition coefficient (Wildman–Crippen LogP) is 2.90. The molecule has 0 unspecified atom stereocenters. The van der Waals surface area contributed by atoms with Crippen LogP contribution in [0.4, 0.5) is 0 Å². The van der Waals surface area contributed by atoms with Gasteiger partial charge in [-0.3, -0.25) is 4.79 Å². The lowest BCUT2D eigenvalue weighted by molar-refractivity contribution is -0.128. The molecule has 1 heterocycles. The van der Waals surface area contributed by atoms with Gasteiger partial charge in [0.05, 0.1) is 5.75 Å². The molecule has 116 valence electrons. The van der Waals surface area contributed by atoms with Gasteiger partial charge in [-0.15, -0.1) is 11.8 Å². The standard InChI is InChI=1S/C17H26N2OS/c1-17(2,3)14-5-7-15(8-6-14)21-13-16(20)19-11-4-9-18-10-12-19/h5-8,18H,4,9-13H2,1-3H3. The minimum absolute atomic E-state index is 0.179. The molecule has 0 atom stereocenters. The van der Waals surface area contributed by atoms with Crippen molar-refractivity contribution >= 4 is 17.7 Å². The number of amides is 1. The lowest BCUT2D eigenvalue weighted by atomic mass is 9.87. The van der Waals surface area contributed by atoms with E-state index < -0.39 is 0 Å². The molecule has 3 nitrogen and oxygen atoms in total. The Morgan fingerprint density at radius 1 is 1.19 bits per heavy atom. The van der Waals surface area contributed by atoms with Crippen molar-refractivity contribution in [3.63, 3.8) is 0 Å². The Kier molecular flexibility index (Phi) is 5.71. The molecule has 1 aromatic rings. The molecule has 0 radical (unpaired) electrons. The molecule has 21 heavy (non-hydrogen) atoms. The number of rotatable bonds is 3. The van der Waals surface area contributed by atoms with Gasteiger partial charge < -0.3 is 10.2 Å². The highest BCUT2D eigenvalue weighted by Crippen LogP contribution is 2.25. The number of nitrogens with one attached hydrogen (secondary N) is 1. The molecule has 1 saturated heterocycles. The fourth-order valence-electron chi connectivity index (χ4n) is 2.38. The number of benzene rings is 1. The van der Waals surface area contributed by atoms with Gasteiger partial charge in [-0.1, -0.05) is 32.9 Å². The molecule has 0 spiro atoms. The van der Waals surface area contributed by atoms with Crippen LogP contribution in [0.3, 0.4) is 0 Å². The molecule has 1 fully saturated rings. The molecule has 4 heteroatoms. The van der Waals surface area contributed by atoms with E-state index in [0.29, 0.717) is 5.75 Å². The second-order valence-electron chi connectivity index (χ2n) is 6.55. The lowest BCUT2D eigenvalue weighted by Gasteiger charge is -2.20. The first kappa shape index (κ1) is 16.4. The normalized spacial score (nSPS) is 16.6. The molecule has 1 N–H and O–H groups in total. The minimum Gasteiger partial charge on any atom is -0.341 e. The summed E-state index contributed by atoms with van der Waals surface area (Å²) in [4.78, 5) is 15.4. The highest BCUT2D eigenvalue weighted by Gasteiger charge is 2.16. The van der Waals surface area contributed by atoms with Crippen molar-refractivity contribution in [1.29, 1.82) is 0 Å². The van der Waals surface area contributed by atoms with E-state index in [9.17, 15) is 4.79 Å². The minimum atomic E-state index is 0.179. The Bertz CT molecular complexity index is 457. The van der Waals surface area contributed by atoms with Crippen LogP contribution in [0.2, 0.25) is 0 Å². The third-order valence-corrected chi connectivity index (χ3v) is 4.77. The first-order valence-corrected chi connectivity index (χ1v) is 8.67. The summed E-state index contributed by atoms with van der Waals surface area (Å²) in [6.07, 6.45) is 1.05. The Labute approximate surface area is 132 Å². The van der Waals surface area contributed by atoms with Gasteiger partial charge in [0.25, 0.3) is 0 Å². The molecule has 0 aromatic heterocycles. The lowest BCUT2D eigenvalue weighted by Crippen LogP contribution is -2.35. The fourth-order valence-corrected chi connectivity index (χ4v) is 3.18. The molecule has 0 aliphatic carbocycles. The molecule has 0 bridgehead atoms. The quantitative estimate of drug-likeness (QED) is 0.872. The van der Waals surface area contributed by atoms with E-state index in [1.807, 2.05) is 4.90 Å².